The van der Waals surface area contributed by atoms with Crippen molar-refractivity contribution in [2.24, 2.45) is 0 Å². The zero-order valence-electron chi connectivity index (χ0n) is 20.8. The van der Waals surface area contributed by atoms with Crippen LogP contribution in [0.1, 0.15) is 62.5 Å². The summed E-state index contributed by atoms with van der Waals surface area (Å²) in [6.45, 7) is 9.99. The zero-order valence-corrected chi connectivity index (χ0v) is 21.7. The molecule has 0 heterocycles. The molecular formula is C26H39O8P. The van der Waals surface area contributed by atoms with Crippen LogP contribution in [0.3, 0.4) is 0 Å². The van der Waals surface area contributed by atoms with Gasteiger partial charge in [-0.3, -0.25) is 13.6 Å². The third-order valence-corrected chi connectivity index (χ3v) is 6.48. The van der Waals surface area contributed by atoms with Crippen molar-refractivity contribution in [2.45, 2.75) is 64.9 Å². The molecule has 0 N–H and O–H groups in total. The Balaban J connectivity index is 2.37. The van der Waals surface area contributed by atoms with Crippen LogP contribution in [0.5, 0.6) is 0 Å². The standard InChI is InChI=1S/C26H39O8P/c1-4-25(27)30-18-12-6-8-14-20-32-35(29,34-22-24-17-11-10-16-23(24)3)33-21-15-9-7-13-19-31-26(28)5-2/h4-5,10-11,16-17H,1-2,6-9,12-15,18-22H2,3H3. The Labute approximate surface area is 209 Å². The maximum absolute atomic E-state index is 13.2. The maximum Gasteiger partial charge on any atom is 0.475 e. The van der Waals surface area contributed by atoms with Crippen LogP contribution in [0.4, 0.5) is 0 Å². The van der Waals surface area contributed by atoms with Gasteiger partial charge in [-0.1, -0.05) is 50.3 Å². The van der Waals surface area contributed by atoms with Gasteiger partial charge < -0.3 is 9.47 Å². The molecule has 0 atom stereocenters. The number of phosphoric ester groups is 1. The van der Waals surface area contributed by atoms with Crippen LogP contribution in [-0.4, -0.2) is 38.4 Å². The average Bonchev–Trinajstić information content (AvgIpc) is 2.86. The summed E-state index contributed by atoms with van der Waals surface area (Å²) in [6.07, 6.45) is 8.50. The molecule has 0 radical (unpaired) electrons. The minimum Gasteiger partial charge on any atom is -0.463 e. The van der Waals surface area contributed by atoms with Crippen LogP contribution < -0.4 is 0 Å². The molecule has 0 aliphatic rings. The second-order valence-corrected chi connectivity index (χ2v) is 9.55. The molecule has 1 rings (SSSR count). The van der Waals surface area contributed by atoms with Crippen molar-refractivity contribution in [3.63, 3.8) is 0 Å². The van der Waals surface area contributed by atoms with E-state index in [1.54, 1.807) is 0 Å². The third kappa shape index (κ3) is 15.4. The highest BCUT2D eigenvalue weighted by atomic mass is 31.2. The predicted octanol–water partition coefficient (Wildman–Crippen LogP) is 6.23. The van der Waals surface area contributed by atoms with Gasteiger partial charge in [-0.2, -0.15) is 0 Å². The van der Waals surface area contributed by atoms with E-state index in [0.717, 1.165) is 61.8 Å². The lowest BCUT2D eigenvalue weighted by atomic mass is 10.1. The number of aryl methyl sites for hydroxylation is 1. The van der Waals surface area contributed by atoms with Gasteiger partial charge in [0.1, 0.15) is 0 Å². The number of benzene rings is 1. The van der Waals surface area contributed by atoms with Crippen molar-refractivity contribution < 1.29 is 37.2 Å². The van der Waals surface area contributed by atoms with Crippen LogP contribution in [0, 0.1) is 6.92 Å². The molecule has 9 heteroatoms. The Kier molecular flexibility index (Phi) is 16.7. The Morgan fingerprint density at radius 3 is 1.66 bits per heavy atom. The molecule has 0 saturated heterocycles. The summed E-state index contributed by atoms with van der Waals surface area (Å²) in [5.41, 5.74) is 1.96. The van der Waals surface area contributed by atoms with Gasteiger partial charge in [-0.25, -0.2) is 14.2 Å². The fourth-order valence-electron chi connectivity index (χ4n) is 2.96. The van der Waals surface area contributed by atoms with Crippen molar-refractivity contribution in [1.82, 2.24) is 0 Å². The molecule has 0 bridgehead atoms. The number of esters is 2. The zero-order chi connectivity index (χ0) is 25.8. The van der Waals surface area contributed by atoms with E-state index in [0.29, 0.717) is 26.1 Å². The lowest BCUT2D eigenvalue weighted by Gasteiger charge is -2.19. The van der Waals surface area contributed by atoms with Crippen molar-refractivity contribution >= 4 is 19.8 Å². The van der Waals surface area contributed by atoms with E-state index in [9.17, 15) is 14.2 Å². The predicted molar refractivity (Wildman–Crippen MR) is 135 cm³/mol. The molecule has 0 aliphatic carbocycles. The molecule has 1 aromatic rings. The van der Waals surface area contributed by atoms with E-state index >= 15 is 0 Å². The van der Waals surface area contributed by atoms with Crippen LogP contribution in [0.2, 0.25) is 0 Å². The largest absolute Gasteiger partial charge is 0.475 e. The number of carbonyl (C=O) groups excluding carboxylic acids is 2. The number of hydrogen-bond donors (Lipinski definition) is 0. The van der Waals surface area contributed by atoms with Gasteiger partial charge in [0.15, 0.2) is 0 Å². The van der Waals surface area contributed by atoms with Crippen LogP contribution in [0.25, 0.3) is 0 Å². The van der Waals surface area contributed by atoms with Gasteiger partial charge >= 0.3 is 19.8 Å². The van der Waals surface area contributed by atoms with Crippen molar-refractivity contribution in [3.05, 3.63) is 60.7 Å². The molecule has 0 spiro atoms. The third-order valence-electron chi connectivity index (χ3n) is 5.04. The highest BCUT2D eigenvalue weighted by Gasteiger charge is 2.26. The minimum atomic E-state index is -3.72. The van der Waals surface area contributed by atoms with Crippen LogP contribution in [0.15, 0.2) is 49.6 Å². The molecular weight excluding hydrogens is 471 g/mol. The fourth-order valence-corrected chi connectivity index (χ4v) is 4.19. The van der Waals surface area contributed by atoms with Crippen LogP contribution in [-0.2, 0) is 43.8 Å². The summed E-state index contributed by atoms with van der Waals surface area (Å²) in [7, 11) is -3.72. The highest BCUT2D eigenvalue weighted by molar-refractivity contribution is 7.48. The Hall–Kier alpha value is -2.25. The molecule has 0 unspecified atom stereocenters. The fraction of sp³-hybridized carbons (Fsp3) is 0.538. The molecule has 35 heavy (non-hydrogen) atoms. The summed E-state index contributed by atoms with van der Waals surface area (Å²) in [5.74, 6) is -0.846. The first-order chi connectivity index (χ1) is 16.9. The maximum atomic E-state index is 13.2. The van der Waals surface area contributed by atoms with Gasteiger partial charge in [0.2, 0.25) is 0 Å². The smallest absolute Gasteiger partial charge is 0.463 e. The Morgan fingerprint density at radius 1 is 0.743 bits per heavy atom. The summed E-state index contributed by atoms with van der Waals surface area (Å²) >= 11 is 0. The van der Waals surface area contributed by atoms with E-state index in [4.69, 9.17) is 23.0 Å². The van der Waals surface area contributed by atoms with Crippen molar-refractivity contribution in [2.75, 3.05) is 26.4 Å². The number of hydrogen-bond acceptors (Lipinski definition) is 8. The Morgan fingerprint density at radius 2 is 1.20 bits per heavy atom. The molecule has 8 nitrogen and oxygen atoms in total. The topological polar surface area (TPSA) is 97.4 Å². The molecule has 0 amide bonds. The van der Waals surface area contributed by atoms with Gasteiger partial charge in [0, 0.05) is 12.2 Å². The second-order valence-electron chi connectivity index (χ2n) is 7.89. The molecule has 0 aliphatic heterocycles. The first-order valence-electron chi connectivity index (χ1n) is 12.1. The lowest BCUT2D eigenvalue weighted by Crippen LogP contribution is -2.05. The first kappa shape index (κ1) is 30.8. The SMILES string of the molecule is C=CC(=O)OCCCCCCOP(=O)(OCCCCCCOC(=O)C=C)OCc1ccccc1C. The van der Waals surface area contributed by atoms with Gasteiger partial charge in [0.05, 0.1) is 33.0 Å². The van der Waals surface area contributed by atoms with Gasteiger partial charge in [0.25, 0.3) is 0 Å². The molecule has 0 saturated carbocycles. The average molecular weight is 511 g/mol. The molecule has 1 aromatic carbocycles. The van der Waals surface area contributed by atoms with E-state index in [1.807, 2.05) is 31.2 Å². The number of carbonyl (C=O) groups is 2. The number of phosphoric acid groups is 1. The summed E-state index contributed by atoms with van der Waals surface area (Å²) in [6, 6.07) is 7.71. The van der Waals surface area contributed by atoms with E-state index < -0.39 is 19.8 Å². The number of unbranched alkanes of at least 4 members (excludes halogenated alkanes) is 6. The quantitative estimate of drug-likeness (QED) is 0.0831. The van der Waals surface area contributed by atoms with Gasteiger partial charge in [-0.15, -0.1) is 0 Å². The molecule has 196 valence electrons. The van der Waals surface area contributed by atoms with Crippen LogP contribution >= 0.6 is 7.82 Å². The van der Waals surface area contributed by atoms with E-state index in [-0.39, 0.29) is 19.8 Å². The monoisotopic (exact) mass is 510 g/mol. The molecule has 0 aromatic heterocycles. The molecule has 0 fully saturated rings. The van der Waals surface area contributed by atoms with Gasteiger partial charge in [-0.05, 0) is 56.6 Å². The second kappa shape index (κ2) is 19.0. The Bertz CT molecular complexity index is 783. The first-order valence-corrected chi connectivity index (χ1v) is 13.5. The van der Waals surface area contributed by atoms with Crippen molar-refractivity contribution in [1.29, 1.82) is 0 Å². The highest BCUT2D eigenvalue weighted by Crippen LogP contribution is 2.50. The number of ether oxygens (including phenoxy) is 2. The summed E-state index contributed by atoms with van der Waals surface area (Å²) in [5, 5.41) is 0. The lowest BCUT2D eigenvalue weighted by molar-refractivity contribution is -0.138. The van der Waals surface area contributed by atoms with E-state index in [2.05, 4.69) is 13.2 Å². The summed E-state index contributed by atoms with van der Waals surface area (Å²) < 4.78 is 39.9. The van der Waals surface area contributed by atoms with Crippen molar-refractivity contribution in [3.8, 4) is 0 Å². The normalized spacial score (nSPS) is 11.1. The van der Waals surface area contributed by atoms with E-state index in [1.165, 1.54) is 0 Å². The minimum absolute atomic E-state index is 0.132. The summed E-state index contributed by atoms with van der Waals surface area (Å²) in [4.78, 5) is 22.0. The number of rotatable bonds is 21.